The van der Waals surface area contributed by atoms with E-state index in [0.29, 0.717) is 24.9 Å². The predicted molar refractivity (Wildman–Crippen MR) is 128 cm³/mol. The van der Waals surface area contributed by atoms with E-state index in [1.807, 2.05) is 84.9 Å². The van der Waals surface area contributed by atoms with Gasteiger partial charge in [0.15, 0.2) is 0 Å². The van der Waals surface area contributed by atoms with Gasteiger partial charge in [-0.25, -0.2) is 0 Å². The first kappa shape index (κ1) is 29.2. The van der Waals surface area contributed by atoms with E-state index in [4.69, 9.17) is 4.42 Å². The number of nitrogens with one attached hydrogen (secondary N) is 2. The molecule has 0 aliphatic heterocycles. The van der Waals surface area contributed by atoms with Crippen molar-refractivity contribution < 1.29 is 56.9 Å². The molecule has 5 rings (SSSR count). The largest absolute Gasteiger partial charge is 2.00 e. The monoisotopic (exact) mass is 706 g/mol. The first-order valence-electron chi connectivity index (χ1n) is 10.7. The zero-order valence-electron chi connectivity index (χ0n) is 19.3. The fourth-order valence-electron chi connectivity index (χ4n) is 3.31. The van der Waals surface area contributed by atoms with Gasteiger partial charge in [0.25, 0.3) is 0 Å². The van der Waals surface area contributed by atoms with E-state index in [1.165, 1.54) is 0 Å². The summed E-state index contributed by atoms with van der Waals surface area (Å²) in [6.45, 7) is 1.33. The van der Waals surface area contributed by atoms with Crippen LogP contribution >= 0.6 is 0 Å². The minimum Gasteiger partial charge on any atom is -1.00 e. The molecule has 0 aliphatic rings. The molecule has 7 nitrogen and oxygen atoms in total. The van der Waals surface area contributed by atoms with Crippen molar-refractivity contribution in [1.29, 1.82) is 0 Å². The summed E-state index contributed by atoms with van der Waals surface area (Å²) in [4.78, 5) is 8.64. The zero-order valence-corrected chi connectivity index (χ0v) is 26.3. The number of hydrogen-bond donors (Lipinski definition) is 2. The van der Waals surface area contributed by atoms with E-state index in [1.54, 1.807) is 12.4 Å². The van der Waals surface area contributed by atoms with Crippen molar-refractivity contribution in [3.63, 3.8) is 0 Å². The van der Waals surface area contributed by atoms with Crippen molar-refractivity contribution in [2.45, 2.75) is 13.1 Å². The Morgan fingerprint density at radius 3 is 1.33 bits per heavy atom. The number of benzene rings is 2. The maximum Gasteiger partial charge on any atom is 2.00 e. The Hall–Kier alpha value is -3.00. The number of hydrogen-bond acceptors (Lipinski definition) is 7. The fraction of sp³-hybridized carbons (Fsp3) is 0.0769. The number of halogens is 2. The summed E-state index contributed by atoms with van der Waals surface area (Å²) in [5.74, 6) is 0.970. The molecule has 2 N–H and O–H groups in total. The number of nitrogens with zero attached hydrogens (tertiary/aromatic N) is 4. The molecule has 0 aliphatic carbocycles. The van der Waals surface area contributed by atoms with Crippen molar-refractivity contribution in [2.75, 3.05) is 10.6 Å². The van der Waals surface area contributed by atoms with Gasteiger partial charge in [-0.15, -0.1) is 10.2 Å². The molecule has 3 aromatic heterocycles. The van der Waals surface area contributed by atoms with Gasteiger partial charge in [0.05, 0.1) is 24.5 Å². The van der Waals surface area contributed by atoms with Crippen molar-refractivity contribution in [3.05, 3.63) is 109 Å². The molecule has 5 aromatic rings. The minimum absolute atomic E-state index is 0. The third-order valence-corrected chi connectivity index (χ3v) is 5.09. The van der Waals surface area contributed by atoms with Gasteiger partial charge >= 0.3 is 27.7 Å². The number of rotatable bonds is 8. The Morgan fingerprint density at radius 2 is 0.972 bits per heavy atom. The summed E-state index contributed by atoms with van der Waals surface area (Å²) in [6, 6.07) is 27.6. The third kappa shape index (κ3) is 7.75. The molecule has 3 heterocycles. The Labute approximate surface area is 242 Å². The summed E-state index contributed by atoms with van der Waals surface area (Å²) in [5, 5.41) is 15.1. The van der Waals surface area contributed by atoms with Gasteiger partial charge in [-0.2, -0.15) is 0 Å². The molecule has 2 aromatic carbocycles. The molecule has 178 valence electrons. The molecule has 0 radical (unpaired) electrons. The maximum absolute atomic E-state index is 5.91. The molecule has 0 fully saturated rings. The molecular weight excluding hydrogens is 684 g/mol. The van der Waals surface area contributed by atoms with E-state index in [2.05, 4.69) is 30.8 Å². The van der Waals surface area contributed by atoms with Crippen LogP contribution in [0.25, 0.3) is 22.9 Å². The van der Waals surface area contributed by atoms with Crippen LogP contribution in [0, 0.1) is 0 Å². The smallest absolute Gasteiger partial charge is 1.00 e. The second kappa shape index (κ2) is 14.5. The van der Waals surface area contributed by atoms with Gasteiger partial charge in [-0.05, 0) is 72.8 Å². The molecule has 10 heteroatoms. The standard InChI is InChI=1S/C26H22N6O.2ClH.Hg/c1-3-15-27-23(5-1)17-29-21-11-7-19(8-12-21)25-31-32-26(33-25)20-9-13-22(14-10-20)30-18-24-6-2-4-16-28-24;;;/h1-16,29-30H,17-18H2;2*1H;/q;;;+2/p-2. The van der Waals surface area contributed by atoms with Crippen LogP contribution in [-0.4, -0.2) is 20.2 Å². The fourth-order valence-corrected chi connectivity index (χ4v) is 3.31. The van der Waals surface area contributed by atoms with Crippen LogP contribution in [0.1, 0.15) is 11.4 Å². The van der Waals surface area contributed by atoms with Crippen LogP contribution in [0.2, 0.25) is 0 Å². The molecule has 0 saturated carbocycles. The summed E-state index contributed by atoms with van der Waals surface area (Å²) >= 11 is 0. The summed E-state index contributed by atoms with van der Waals surface area (Å²) in [5.41, 5.74) is 5.70. The van der Waals surface area contributed by atoms with E-state index < -0.39 is 0 Å². The Morgan fingerprint density at radius 1 is 0.556 bits per heavy atom. The van der Waals surface area contributed by atoms with Crippen LogP contribution in [-0.2, 0) is 40.8 Å². The van der Waals surface area contributed by atoms with E-state index in [0.717, 1.165) is 33.9 Å². The van der Waals surface area contributed by atoms with Gasteiger partial charge < -0.3 is 39.9 Å². The van der Waals surface area contributed by atoms with Crippen molar-refractivity contribution in [2.24, 2.45) is 0 Å². The van der Waals surface area contributed by atoms with Crippen molar-refractivity contribution in [3.8, 4) is 22.9 Å². The van der Waals surface area contributed by atoms with Crippen LogP contribution < -0.4 is 35.4 Å². The number of pyridine rings is 2. The Bertz CT molecular complexity index is 1200. The zero-order chi connectivity index (χ0) is 22.3. The van der Waals surface area contributed by atoms with E-state index in [9.17, 15) is 0 Å². The third-order valence-electron chi connectivity index (χ3n) is 5.09. The molecule has 36 heavy (non-hydrogen) atoms. The van der Waals surface area contributed by atoms with Crippen LogP contribution in [0.5, 0.6) is 0 Å². The molecule has 0 saturated heterocycles. The molecule has 0 amide bonds. The van der Waals surface area contributed by atoms with Gasteiger partial charge in [0, 0.05) is 34.9 Å². The molecule has 0 bridgehead atoms. The normalized spacial score (nSPS) is 9.78. The summed E-state index contributed by atoms with van der Waals surface area (Å²) in [7, 11) is 0. The van der Waals surface area contributed by atoms with E-state index in [-0.39, 0.29) is 52.5 Å². The second-order valence-electron chi connectivity index (χ2n) is 7.42. The quantitative estimate of drug-likeness (QED) is 0.209. The second-order valence-corrected chi connectivity index (χ2v) is 7.42. The predicted octanol–water partition coefficient (Wildman–Crippen LogP) is -0.577. The number of aromatic nitrogens is 4. The van der Waals surface area contributed by atoms with Gasteiger partial charge in [0.1, 0.15) is 0 Å². The molecule has 0 spiro atoms. The van der Waals surface area contributed by atoms with E-state index >= 15 is 0 Å². The van der Waals surface area contributed by atoms with Crippen LogP contribution in [0.3, 0.4) is 0 Å². The van der Waals surface area contributed by atoms with Crippen molar-refractivity contribution >= 4 is 11.4 Å². The average Bonchev–Trinajstić information content (AvgIpc) is 3.38. The Kier molecular flexibility index (Phi) is 11.8. The first-order chi connectivity index (χ1) is 16.3. The summed E-state index contributed by atoms with van der Waals surface area (Å²) in [6.07, 6.45) is 3.58. The number of anilines is 2. The summed E-state index contributed by atoms with van der Waals surface area (Å²) < 4.78 is 5.91. The SMILES string of the molecule is [Cl-].[Cl-].[Hg+2].c1ccc(CNc2ccc(-c3nnc(-c4ccc(NCc5ccccn5)cc4)o3)cc2)nc1. The van der Waals surface area contributed by atoms with Gasteiger partial charge in [0.2, 0.25) is 11.8 Å². The van der Waals surface area contributed by atoms with Crippen molar-refractivity contribution in [1.82, 2.24) is 20.2 Å². The van der Waals surface area contributed by atoms with Gasteiger partial charge in [-0.1, -0.05) is 12.1 Å². The first-order valence-corrected chi connectivity index (χ1v) is 10.7. The molecule has 0 atom stereocenters. The minimum atomic E-state index is 0. The molecule has 0 unspecified atom stereocenters. The maximum atomic E-state index is 5.91. The van der Waals surface area contributed by atoms with Crippen LogP contribution in [0.4, 0.5) is 11.4 Å². The topological polar surface area (TPSA) is 88.8 Å². The average molecular weight is 706 g/mol. The molecular formula is C26H22Cl2HgN6O. The van der Waals surface area contributed by atoms with Gasteiger partial charge in [-0.3, -0.25) is 9.97 Å². The Balaban J connectivity index is 0.00000152. The van der Waals surface area contributed by atoms with Crippen LogP contribution in [0.15, 0.2) is 102 Å².